The minimum Gasteiger partial charge on any atom is -0.450 e. The molecule has 0 saturated heterocycles. The van der Waals surface area contributed by atoms with Crippen LogP contribution in [0.15, 0.2) is 0 Å². The fourth-order valence-corrected chi connectivity index (χ4v) is 3.71. The van der Waals surface area contributed by atoms with E-state index in [2.05, 4.69) is 12.2 Å². The molecule has 0 aromatic carbocycles. The molecule has 1 atom stereocenters. The first-order valence-electron chi connectivity index (χ1n) is 12.5. The number of amides is 1. The van der Waals surface area contributed by atoms with Gasteiger partial charge in [-0.15, -0.1) is 11.6 Å². The highest BCUT2D eigenvalue weighted by Crippen LogP contribution is 2.17. The summed E-state index contributed by atoms with van der Waals surface area (Å²) in [4.78, 5) is 23.7. The van der Waals surface area contributed by atoms with Crippen molar-refractivity contribution in [2.75, 3.05) is 19.8 Å². The van der Waals surface area contributed by atoms with Gasteiger partial charge in [0.25, 0.3) is 0 Å². The number of nitrogens with two attached hydrogens (primary N) is 1. The summed E-state index contributed by atoms with van der Waals surface area (Å²) in [7, 11) is 0. The minimum atomic E-state index is -1.77. The van der Waals surface area contributed by atoms with Crippen molar-refractivity contribution >= 4 is 23.5 Å². The molecule has 1 amide bonds. The summed E-state index contributed by atoms with van der Waals surface area (Å²) < 4.78 is 4.97. The number of unbranched alkanes of at least 4 members (excludes halogenated alkanes) is 14. The van der Waals surface area contributed by atoms with Crippen molar-refractivity contribution in [3.63, 3.8) is 0 Å². The van der Waals surface area contributed by atoms with Crippen molar-refractivity contribution in [1.82, 2.24) is 5.32 Å². The van der Waals surface area contributed by atoms with Crippen molar-refractivity contribution in [3.05, 3.63) is 0 Å². The van der Waals surface area contributed by atoms with E-state index in [4.69, 9.17) is 22.1 Å². The Bertz CT molecular complexity index is 473. The number of carbonyl (C=O) groups is 2. The predicted molar refractivity (Wildman–Crippen MR) is 129 cm³/mol. The molecule has 0 bridgehead atoms. The van der Waals surface area contributed by atoms with Crippen LogP contribution in [0.1, 0.15) is 110 Å². The van der Waals surface area contributed by atoms with Crippen LogP contribution < -0.4 is 11.1 Å². The molecule has 0 aliphatic rings. The van der Waals surface area contributed by atoms with E-state index in [0.717, 1.165) is 19.3 Å². The summed E-state index contributed by atoms with van der Waals surface area (Å²) in [6, 6.07) is 0. The van der Waals surface area contributed by atoms with Gasteiger partial charge in [-0.2, -0.15) is 0 Å². The van der Waals surface area contributed by atoms with Gasteiger partial charge in [0.2, 0.25) is 5.91 Å². The van der Waals surface area contributed by atoms with Crippen LogP contribution in [0.2, 0.25) is 0 Å². The van der Waals surface area contributed by atoms with Gasteiger partial charge in [-0.25, -0.2) is 0 Å². The molecule has 0 aliphatic carbocycles. The number of esters is 1. The number of aliphatic hydroxyl groups excluding tert-OH is 2. The zero-order chi connectivity index (χ0) is 24.1. The Morgan fingerprint density at radius 3 is 1.62 bits per heavy atom. The van der Waals surface area contributed by atoms with Gasteiger partial charge in [-0.1, -0.05) is 96.8 Å². The van der Waals surface area contributed by atoms with E-state index in [1.165, 1.54) is 77.0 Å². The summed E-state index contributed by atoms with van der Waals surface area (Å²) in [5.41, 5.74) is 2.42. The molecule has 0 aromatic heterocycles. The number of aliphatic hydroxyl groups is 2. The van der Waals surface area contributed by atoms with Crippen LogP contribution in [-0.4, -0.2) is 53.0 Å². The average molecular weight is 479 g/mol. The van der Waals surface area contributed by atoms with Gasteiger partial charge in [0, 0.05) is 6.42 Å². The molecular formula is C24H47ClN2O5. The Hall–Kier alpha value is -0.890. The Morgan fingerprint density at radius 1 is 0.844 bits per heavy atom. The van der Waals surface area contributed by atoms with Crippen LogP contribution in [0.25, 0.3) is 0 Å². The maximum absolute atomic E-state index is 11.9. The first kappa shape index (κ1) is 31.1. The summed E-state index contributed by atoms with van der Waals surface area (Å²) in [5.74, 6) is -1.04. The second-order valence-electron chi connectivity index (χ2n) is 8.73. The molecule has 0 heterocycles. The Morgan fingerprint density at radius 2 is 1.25 bits per heavy atom. The molecule has 7 nitrogen and oxygen atoms in total. The molecule has 190 valence electrons. The smallest absolute Gasteiger partial charge is 0.326 e. The molecule has 5 N–H and O–H groups in total. The standard InChI is InChI=1S/C24H47ClN2O5/c1-2-3-4-5-6-7-8-9-10-11-12-13-14-15-16-17-21(30)27-18-22(31)32-24(19-28,20-29)23(25)26/h23,28-29H,2-20,26H2,1H3,(H,27,30). The number of nitrogens with one attached hydrogen (secondary N) is 1. The highest BCUT2D eigenvalue weighted by molar-refractivity contribution is 6.21. The molecule has 0 aromatic rings. The van der Waals surface area contributed by atoms with Crippen LogP contribution in [0.4, 0.5) is 0 Å². The van der Waals surface area contributed by atoms with Crippen molar-refractivity contribution in [1.29, 1.82) is 0 Å². The molecule has 0 rings (SSSR count). The SMILES string of the molecule is CCCCCCCCCCCCCCCCCC(=O)NCC(=O)OC(CO)(CO)C(N)Cl. The number of rotatable bonds is 22. The molecule has 32 heavy (non-hydrogen) atoms. The number of hydrogen-bond acceptors (Lipinski definition) is 6. The van der Waals surface area contributed by atoms with E-state index >= 15 is 0 Å². The summed E-state index contributed by atoms with van der Waals surface area (Å²) in [6.45, 7) is 0.464. The minimum absolute atomic E-state index is 0.231. The van der Waals surface area contributed by atoms with Gasteiger partial charge < -0.3 is 26.0 Å². The third-order valence-corrected chi connectivity index (χ3v) is 6.19. The molecule has 0 radical (unpaired) electrons. The normalized spacial score (nSPS) is 12.5. The number of alkyl halides is 1. The second-order valence-corrected chi connectivity index (χ2v) is 9.20. The van der Waals surface area contributed by atoms with Gasteiger partial charge in [-0.05, 0) is 6.42 Å². The van der Waals surface area contributed by atoms with Gasteiger partial charge in [-0.3, -0.25) is 9.59 Å². The van der Waals surface area contributed by atoms with Crippen LogP contribution in [-0.2, 0) is 14.3 Å². The molecule has 0 spiro atoms. The highest BCUT2D eigenvalue weighted by Gasteiger charge is 2.39. The van der Waals surface area contributed by atoms with E-state index in [0.29, 0.717) is 6.42 Å². The number of ether oxygens (including phenoxy) is 1. The summed E-state index contributed by atoms with van der Waals surface area (Å²) in [6.07, 6.45) is 19.3. The quantitative estimate of drug-likeness (QED) is 0.0802. The van der Waals surface area contributed by atoms with Crippen LogP contribution in [0, 0.1) is 0 Å². The third-order valence-electron chi connectivity index (χ3n) is 5.79. The molecular weight excluding hydrogens is 432 g/mol. The van der Waals surface area contributed by atoms with Crippen LogP contribution >= 0.6 is 11.6 Å². The lowest BCUT2D eigenvalue weighted by molar-refractivity contribution is -0.169. The predicted octanol–water partition coefficient (Wildman–Crippen LogP) is 4.15. The maximum Gasteiger partial charge on any atom is 0.326 e. The average Bonchev–Trinajstić information content (AvgIpc) is 2.78. The molecule has 8 heteroatoms. The zero-order valence-corrected chi connectivity index (χ0v) is 20.8. The van der Waals surface area contributed by atoms with Crippen LogP contribution in [0.3, 0.4) is 0 Å². The highest BCUT2D eigenvalue weighted by atomic mass is 35.5. The summed E-state index contributed by atoms with van der Waals surface area (Å²) >= 11 is 5.68. The fraction of sp³-hybridized carbons (Fsp3) is 0.917. The van der Waals surface area contributed by atoms with Crippen molar-refractivity contribution < 1.29 is 24.5 Å². The zero-order valence-electron chi connectivity index (χ0n) is 20.1. The van der Waals surface area contributed by atoms with Gasteiger partial charge in [0.15, 0.2) is 5.60 Å². The van der Waals surface area contributed by atoms with E-state index in [-0.39, 0.29) is 12.5 Å². The topological polar surface area (TPSA) is 122 Å². The van der Waals surface area contributed by atoms with E-state index < -0.39 is 30.3 Å². The van der Waals surface area contributed by atoms with E-state index in [1.807, 2.05) is 0 Å². The Kier molecular flexibility index (Phi) is 20.1. The van der Waals surface area contributed by atoms with Crippen molar-refractivity contribution in [3.8, 4) is 0 Å². The molecule has 0 saturated carbocycles. The Labute approximate surface area is 199 Å². The third kappa shape index (κ3) is 15.8. The lowest BCUT2D eigenvalue weighted by Crippen LogP contribution is -2.55. The lowest BCUT2D eigenvalue weighted by atomic mass is 10.0. The van der Waals surface area contributed by atoms with E-state index in [9.17, 15) is 19.8 Å². The van der Waals surface area contributed by atoms with Gasteiger partial charge in [0.05, 0.1) is 13.2 Å². The number of carbonyl (C=O) groups excluding carboxylic acids is 2. The molecule has 1 unspecified atom stereocenters. The fourth-order valence-electron chi connectivity index (χ4n) is 3.52. The number of halogens is 1. The van der Waals surface area contributed by atoms with Crippen molar-refractivity contribution in [2.24, 2.45) is 5.73 Å². The van der Waals surface area contributed by atoms with E-state index in [1.54, 1.807) is 0 Å². The Balaban J connectivity index is 3.56. The first-order valence-corrected chi connectivity index (χ1v) is 13.0. The van der Waals surface area contributed by atoms with Gasteiger partial charge in [0.1, 0.15) is 12.0 Å². The lowest BCUT2D eigenvalue weighted by Gasteiger charge is -2.31. The molecule has 0 fully saturated rings. The van der Waals surface area contributed by atoms with Gasteiger partial charge >= 0.3 is 5.97 Å². The number of hydrogen-bond donors (Lipinski definition) is 4. The monoisotopic (exact) mass is 478 g/mol. The largest absolute Gasteiger partial charge is 0.450 e. The second kappa shape index (κ2) is 20.7. The molecule has 0 aliphatic heterocycles. The maximum atomic E-state index is 11.9. The summed E-state index contributed by atoms with van der Waals surface area (Å²) in [5, 5.41) is 21.1. The van der Waals surface area contributed by atoms with Crippen LogP contribution in [0.5, 0.6) is 0 Å². The first-order chi connectivity index (χ1) is 15.4. The van der Waals surface area contributed by atoms with Crippen molar-refractivity contribution in [2.45, 2.75) is 121 Å².